The molecule has 1 aromatic heterocycles. The number of amides is 2. The van der Waals surface area contributed by atoms with Crippen molar-refractivity contribution in [3.63, 3.8) is 0 Å². The van der Waals surface area contributed by atoms with Crippen molar-refractivity contribution in [1.82, 2.24) is 9.80 Å². The molecule has 30 heavy (non-hydrogen) atoms. The van der Waals surface area contributed by atoms with E-state index in [1.54, 1.807) is 18.4 Å². The Kier molecular flexibility index (Phi) is 9.16. The van der Waals surface area contributed by atoms with Gasteiger partial charge in [0.15, 0.2) is 5.76 Å². The lowest BCUT2D eigenvalue weighted by molar-refractivity contribution is -0.132. The minimum Gasteiger partial charge on any atom is -0.459 e. The van der Waals surface area contributed by atoms with Crippen molar-refractivity contribution in [2.24, 2.45) is 0 Å². The van der Waals surface area contributed by atoms with Gasteiger partial charge in [-0.25, -0.2) is 0 Å². The van der Waals surface area contributed by atoms with Crippen molar-refractivity contribution in [2.45, 2.75) is 88.8 Å². The number of hydrogen-bond donors (Lipinski definition) is 0. The first-order valence-corrected chi connectivity index (χ1v) is 12.9. The van der Waals surface area contributed by atoms with E-state index in [2.05, 4.69) is 6.92 Å². The van der Waals surface area contributed by atoms with Gasteiger partial charge in [0.25, 0.3) is 5.91 Å². The Morgan fingerprint density at radius 3 is 2.30 bits per heavy atom. The predicted octanol–water partition coefficient (Wildman–Crippen LogP) is 5.71. The van der Waals surface area contributed by atoms with Crippen LogP contribution in [0.2, 0.25) is 0 Å². The Morgan fingerprint density at radius 2 is 1.67 bits per heavy atom. The van der Waals surface area contributed by atoms with Crippen LogP contribution in [0.25, 0.3) is 0 Å². The van der Waals surface area contributed by atoms with Crippen LogP contribution in [0.15, 0.2) is 22.8 Å². The maximum atomic E-state index is 12.8. The largest absolute Gasteiger partial charge is 0.459 e. The van der Waals surface area contributed by atoms with Gasteiger partial charge in [0, 0.05) is 31.8 Å². The average molecular weight is 435 g/mol. The minimum atomic E-state index is -0.168. The molecular weight excluding hydrogens is 396 g/mol. The Labute approximate surface area is 185 Å². The quantitative estimate of drug-likeness (QED) is 0.419. The van der Waals surface area contributed by atoms with Gasteiger partial charge < -0.3 is 14.2 Å². The van der Waals surface area contributed by atoms with Crippen LogP contribution < -0.4 is 0 Å². The van der Waals surface area contributed by atoms with Crippen molar-refractivity contribution in [3.8, 4) is 0 Å². The molecule has 5 nitrogen and oxygen atoms in total. The molecule has 168 valence electrons. The summed E-state index contributed by atoms with van der Waals surface area (Å²) in [5, 5.41) is 0. The summed E-state index contributed by atoms with van der Waals surface area (Å²) in [4.78, 5) is 29.3. The summed E-state index contributed by atoms with van der Waals surface area (Å²) in [7, 11) is 0. The number of rotatable bonds is 11. The maximum Gasteiger partial charge on any atom is 0.290 e. The zero-order valence-corrected chi connectivity index (χ0v) is 19.4. The van der Waals surface area contributed by atoms with Crippen molar-refractivity contribution in [3.05, 3.63) is 24.2 Å². The van der Waals surface area contributed by atoms with Gasteiger partial charge in [0.2, 0.25) is 5.91 Å². The van der Waals surface area contributed by atoms with Crippen LogP contribution in [0.4, 0.5) is 0 Å². The number of thioether (sulfide) groups is 1. The molecule has 2 saturated heterocycles. The van der Waals surface area contributed by atoms with Crippen LogP contribution in [-0.4, -0.2) is 51.9 Å². The molecule has 0 unspecified atom stereocenters. The Balaban J connectivity index is 1.34. The molecule has 0 bridgehead atoms. The summed E-state index contributed by atoms with van der Waals surface area (Å²) in [6.45, 7) is 4.52. The van der Waals surface area contributed by atoms with Gasteiger partial charge in [0.1, 0.15) is 0 Å². The Morgan fingerprint density at radius 1 is 1.00 bits per heavy atom. The van der Waals surface area contributed by atoms with Crippen molar-refractivity contribution in [1.29, 1.82) is 0 Å². The molecular formula is C24H38N2O3S. The normalized spacial score (nSPS) is 18.3. The molecule has 0 N–H and O–H groups in total. The van der Waals surface area contributed by atoms with Gasteiger partial charge in [-0.1, -0.05) is 58.3 Å². The zero-order valence-electron chi connectivity index (χ0n) is 18.6. The van der Waals surface area contributed by atoms with E-state index in [9.17, 15) is 9.59 Å². The molecule has 2 fully saturated rings. The van der Waals surface area contributed by atoms with Crippen molar-refractivity contribution in [2.75, 3.05) is 25.4 Å². The monoisotopic (exact) mass is 434 g/mol. The third kappa shape index (κ3) is 6.05. The fourth-order valence-corrected chi connectivity index (χ4v) is 6.15. The zero-order chi connectivity index (χ0) is 21.2. The van der Waals surface area contributed by atoms with Crippen LogP contribution in [0.1, 0.15) is 94.5 Å². The third-order valence-electron chi connectivity index (χ3n) is 6.55. The first-order valence-electron chi connectivity index (χ1n) is 11.9. The summed E-state index contributed by atoms with van der Waals surface area (Å²) in [5.41, 5.74) is 0. The van der Waals surface area contributed by atoms with Crippen molar-refractivity contribution < 1.29 is 14.0 Å². The standard InChI is InChI=1S/C24H38N2O3S/c1-2-3-4-5-6-7-8-9-10-13-22(27)25-16-14-24(15-17-25)26(18-20-30-24)23(28)21-12-11-19-29-21/h11-12,19H,2-10,13-18,20H2,1H3. The third-order valence-corrected chi connectivity index (χ3v) is 8.10. The Hall–Kier alpha value is -1.43. The molecule has 2 amide bonds. The van der Waals surface area contributed by atoms with Crippen molar-refractivity contribution >= 4 is 23.6 Å². The van der Waals surface area contributed by atoms with Gasteiger partial charge >= 0.3 is 0 Å². The molecule has 2 aliphatic heterocycles. The van der Waals surface area contributed by atoms with Gasteiger partial charge in [-0.05, 0) is 31.4 Å². The molecule has 2 aliphatic rings. The SMILES string of the molecule is CCCCCCCCCCCC(=O)N1CCC2(CC1)SCCN2C(=O)c1ccco1. The highest BCUT2D eigenvalue weighted by Crippen LogP contribution is 2.44. The molecule has 0 saturated carbocycles. The highest BCUT2D eigenvalue weighted by molar-refractivity contribution is 8.00. The fourth-order valence-electron chi connectivity index (χ4n) is 4.69. The second-order valence-electron chi connectivity index (χ2n) is 8.69. The van der Waals surface area contributed by atoms with Gasteiger partial charge in [0.05, 0.1) is 11.1 Å². The van der Waals surface area contributed by atoms with Crippen LogP contribution in [0, 0.1) is 0 Å². The van der Waals surface area contributed by atoms with E-state index in [0.717, 1.165) is 44.6 Å². The predicted molar refractivity (Wildman–Crippen MR) is 123 cm³/mol. The van der Waals surface area contributed by atoms with E-state index in [1.807, 2.05) is 21.6 Å². The fraction of sp³-hybridized carbons (Fsp3) is 0.750. The highest BCUT2D eigenvalue weighted by atomic mass is 32.2. The van der Waals surface area contributed by atoms with Crippen LogP contribution >= 0.6 is 11.8 Å². The van der Waals surface area contributed by atoms with E-state index < -0.39 is 0 Å². The lowest BCUT2D eigenvalue weighted by Crippen LogP contribution is -2.53. The smallest absolute Gasteiger partial charge is 0.290 e. The number of furan rings is 1. The molecule has 0 atom stereocenters. The van der Waals surface area contributed by atoms with Crippen LogP contribution in [0.5, 0.6) is 0 Å². The van der Waals surface area contributed by atoms with E-state index in [1.165, 1.54) is 51.4 Å². The number of unbranched alkanes of at least 4 members (excludes halogenated alkanes) is 8. The lowest BCUT2D eigenvalue weighted by Gasteiger charge is -2.43. The van der Waals surface area contributed by atoms with Crippen LogP contribution in [-0.2, 0) is 4.79 Å². The molecule has 3 rings (SSSR count). The number of carbonyl (C=O) groups is 2. The molecule has 1 aromatic rings. The number of hydrogen-bond acceptors (Lipinski definition) is 4. The Bertz CT molecular complexity index is 653. The van der Waals surface area contributed by atoms with Crippen LogP contribution in [0.3, 0.4) is 0 Å². The van der Waals surface area contributed by atoms with Gasteiger partial charge in [-0.15, -0.1) is 11.8 Å². The average Bonchev–Trinajstić information content (AvgIpc) is 3.43. The lowest BCUT2D eigenvalue weighted by atomic mass is 10.0. The second kappa shape index (κ2) is 11.8. The van der Waals surface area contributed by atoms with Gasteiger partial charge in [-0.2, -0.15) is 0 Å². The number of nitrogens with zero attached hydrogens (tertiary/aromatic N) is 2. The summed E-state index contributed by atoms with van der Waals surface area (Å²) < 4.78 is 5.33. The maximum absolute atomic E-state index is 12.8. The molecule has 1 spiro atoms. The highest BCUT2D eigenvalue weighted by Gasteiger charge is 2.47. The molecule has 6 heteroatoms. The number of likely N-dealkylation sites (tertiary alicyclic amines) is 1. The summed E-state index contributed by atoms with van der Waals surface area (Å²) in [6, 6.07) is 3.50. The summed E-state index contributed by atoms with van der Waals surface area (Å²) >= 11 is 1.87. The van der Waals surface area contributed by atoms with E-state index in [0.29, 0.717) is 18.1 Å². The minimum absolute atomic E-state index is 0.0144. The first-order chi connectivity index (χ1) is 14.7. The van der Waals surface area contributed by atoms with E-state index in [-0.39, 0.29) is 10.8 Å². The first kappa shape index (κ1) is 23.2. The topological polar surface area (TPSA) is 53.8 Å². The number of piperidine rings is 1. The van der Waals surface area contributed by atoms with E-state index >= 15 is 0 Å². The molecule has 0 aliphatic carbocycles. The molecule has 0 aromatic carbocycles. The summed E-state index contributed by atoms with van der Waals surface area (Å²) in [6.07, 6.45) is 15.4. The van der Waals surface area contributed by atoms with Gasteiger partial charge in [-0.3, -0.25) is 9.59 Å². The second-order valence-corrected chi connectivity index (χ2v) is 10.1. The summed E-state index contributed by atoms with van der Waals surface area (Å²) in [5.74, 6) is 1.65. The molecule has 3 heterocycles. The van der Waals surface area contributed by atoms with E-state index in [4.69, 9.17) is 4.42 Å². The molecule has 0 radical (unpaired) electrons. The number of carbonyl (C=O) groups excluding carboxylic acids is 2.